The molecular weight excluding hydrogens is 554 g/mol. The van der Waals surface area contributed by atoms with Crippen molar-refractivity contribution in [3.05, 3.63) is 78.8 Å². The number of ether oxygens (including phenoxy) is 1. The maximum Gasteiger partial charge on any atom is 0.245 e. The molecule has 1 saturated carbocycles. The number of pyridine rings is 2. The van der Waals surface area contributed by atoms with Crippen molar-refractivity contribution in [1.29, 1.82) is 0 Å². The van der Waals surface area contributed by atoms with Crippen LogP contribution in [0, 0.1) is 5.92 Å². The summed E-state index contributed by atoms with van der Waals surface area (Å²) in [5, 5.41) is 0. The largest absolute Gasteiger partial charge is 0.383 e. The van der Waals surface area contributed by atoms with Gasteiger partial charge in [-0.1, -0.05) is 12.6 Å². The number of imidazole rings is 1. The first-order valence-corrected chi connectivity index (χ1v) is 15.4. The number of rotatable bonds is 7. The second-order valence-corrected chi connectivity index (χ2v) is 12.1. The van der Waals surface area contributed by atoms with Gasteiger partial charge in [0.2, 0.25) is 11.8 Å². The highest BCUT2D eigenvalue weighted by Gasteiger charge is 2.44. The summed E-state index contributed by atoms with van der Waals surface area (Å²) in [5.74, 6) is 1.69. The molecule has 7 rings (SSSR count). The lowest BCUT2D eigenvalue weighted by Gasteiger charge is -2.33. The predicted octanol–water partition coefficient (Wildman–Crippen LogP) is 4.44. The van der Waals surface area contributed by atoms with Crippen LogP contribution in [0.1, 0.15) is 49.3 Å². The van der Waals surface area contributed by atoms with Gasteiger partial charge in [-0.15, -0.1) is 0 Å². The fourth-order valence-corrected chi connectivity index (χ4v) is 6.78. The highest BCUT2D eigenvalue weighted by atomic mass is 16.5. The Labute approximate surface area is 256 Å². The second kappa shape index (κ2) is 11.2. The monoisotopic (exact) mass is 591 g/mol. The zero-order chi connectivity index (χ0) is 30.4. The third kappa shape index (κ3) is 4.93. The van der Waals surface area contributed by atoms with E-state index in [4.69, 9.17) is 20.4 Å². The predicted molar refractivity (Wildman–Crippen MR) is 168 cm³/mol. The Morgan fingerprint density at radius 1 is 1.05 bits per heavy atom. The molecule has 10 heteroatoms. The first-order chi connectivity index (χ1) is 21.4. The average Bonchev–Trinajstić information content (AvgIpc) is 3.71. The minimum absolute atomic E-state index is 0.0759. The summed E-state index contributed by atoms with van der Waals surface area (Å²) in [7, 11) is 1.69. The van der Waals surface area contributed by atoms with E-state index in [1.807, 2.05) is 35.4 Å². The zero-order valence-electron chi connectivity index (χ0n) is 25.0. The fraction of sp³-hybridized carbons (Fsp3) is 0.382. The SMILES string of the molecule is C=CC(=O)N1CCC(C(=O)N2CC[C@@](OC)(c3ccc(-n4c(-c5cccnc5N)nc5ccc(C6CC6)cc54)cn3)C2)CC1. The molecule has 1 atom stereocenters. The first-order valence-electron chi connectivity index (χ1n) is 15.4. The molecule has 4 aromatic rings. The topological polar surface area (TPSA) is 119 Å². The Bertz CT molecular complexity index is 1740. The van der Waals surface area contributed by atoms with Crippen molar-refractivity contribution in [1.82, 2.24) is 29.3 Å². The number of piperidine rings is 1. The van der Waals surface area contributed by atoms with Crippen LogP contribution in [0.15, 0.2) is 67.5 Å². The number of benzene rings is 1. The van der Waals surface area contributed by atoms with E-state index < -0.39 is 5.60 Å². The summed E-state index contributed by atoms with van der Waals surface area (Å²) in [6, 6.07) is 14.3. The lowest BCUT2D eigenvalue weighted by Crippen LogP contribution is -2.44. The normalized spacial score (nSPS) is 20.8. The van der Waals surface area contributed by atoms with Gasteiger partial charge in [-0.25, -0.2) is 9.97 Å². The van der Waals surface area contributed by atoms with E-state index in [2.05, 4.69) is 34.3 Å². The van der Waals surface area contributed by atoms with Crippen LogP contribution in [-0.2, 0) is 19.9 Å². The number of nitrogens with zero attached hydrogens (tertiary/aromatic N) is 6. The van der Waals surface area contributed by atoms with E-state index in [1.54, 1.807) is 18.2 Å². The molecule has 1 aromatic carbocycles. The third-order valence-corrected chi connectivity index (χ3v) is 9.54. The maximum absolute atomic E-state index is 13.5. The van der Waals surface area contributed by atoms with Gasteiger partial charge in [0.15, 0.2) is 0 Å². The molecule has 0 radical (unpaired) electrons. The molecule has 2 amide bonds. The van der Waals surface area contributed by atoms with E-state index in [9.17, 15) is 9.59 Å². The maximum atomic E-state index is 13.5. The molecular formula is C34H37N7O3. The molecule has 0 unspecified atom stereocenters. The fourth-order valence-electron chi connectivity index (χ4n) is 6.78. The van der Waals surface area contributed by atoms with Crippen molar-refractivity contribution >= 4 is 28.7 Å². The van der Waals surface area contributed by atoms with Crippen molar-refractivity contribution in [2.24, 2.45) is 5.92 Å². The van der Waals surface area contributed by atoms with Crippen LogP contribution in [0.4, 0.5) is 5.82 Å². The van der Waals surface area contributed by atoms with Crippen LogP contribution in [0.2, 0.25) is 0 Å². The molecule has 1 aliphatic carbocycles. The number of likely N-dealkylation sites (tertiary alicyclic amines) is 2. The summed E-state index contributed by atoms with van der Waals surface area (Å²) in [6.45, 7) is 5.77. The smallest absolute Gasteiger partial charge is 0.245 e. The van der Waals surface area contributed by atoms with Gasteiger partial charge in [0.05, 0.1) is 40.7 Å². The number of hydrogen-bond acceptors (Lipinski definition) is 7. The van der Waals surface area contributed by atoms with Crippen LogP contribution < -0.4 is 5.73 Å². The van der Waals surface area contributed by atoms with Crippen molar-refractivity contribution in [2.45, 2.75) is 43.6 Å². The number of carbonyl (C=O) groups is 2. The standard InChI is InChI=1S/C34H37N7O3/c1-3-30(42)39-16-12-23(13-17-39)33(43)40-18-14-34(21-40,44-2)29-11-9-25(20-37-29)41-28-19-24(22-6-7-22)8-10-27(28)38-32(41)26-5-4-15-36-31(26)35/h3-5,8-11,15,19-20,22-23H,1,6-7,12-14,16-18,21H2,2H3,(H2,35,36)/t34-/m0/s1. The van der Waals surface area contributed by atoms with Gasteiger partial charge in [0.25, 0.3) is 0 Å². The van der Waals surface area contributed by atoms with Crippen molar-refractivity contribution in [3.63, 3.8) is 0 Å². The van der Waals surface area contributed by atoms with Crippen molar-refractivity contribution < 1.29 is 14.3 Å². The van der Waals surface area contributed by atoms with Gasteiger partial charge in [-0.2, -0.15) is 0 Å². The van der Waals surface area contributed by atoms with Gasteiger partial charge in [0.1, 0.15) is 17.2 Å². The van der Waals surface area contributed by atoms with Gasteiger partial charge >= 0.3 is 0 Å². The van der Waals surface area contributed by atoms with Crippen LogP contribution >= 0.6 is 0 Å². The van der Waals surface area contributed by atoms with Crippen LogP contribution in [0.5, 0.6) is 0 Å². The molecule has 44 heavy (non-hydrogen) atoms. The number of methoxy groups -OCH3 is 1. The molecule has 0 bridgehead atoms. The Balaban J connectivity index is 1.17. The van der Waals surface area contributed by atoms with Crippen molar-refractivity contribution in [3.8, 4) is 17.1 Å². The van der Waals surface area contributed by atoms with Gasteiger partial charge < -0.3 is 20.3 Å². The van der Waals surface area contributed by atoms with E-state index >= 15 is 0 Å². The zero-order valence-corrected chi connectivity index (χ0v) is 25.0. The molecule has 2 N–H and O–H groups in total. The van der Waals surface area contributed by atoms with E-state index in [1.165, 1.54) is 24.5 Å². The number of aromatic nitrogens is 4. The molecule has 3 aromatic heterocycles. The number of anilines is 1. The number of amides is 2. The molecule has 3 fully saturated rings. The number of fused-ring (bicyclic) bond motifs is 1. The first kappa shape index (κ1) is 28.2. The molecule has 5 heterocycles. The lowest BCUT2D eigenvalue weighted by molar-refractivity contribution is -0.139. The summed E-state index contributed by atoms with van der Waals surface area (Å²) < 4.78 is 8.22. The van der Waals surface area contributed by atoms with E-state index in [0.29, 0.717) is 63.0 Å². The van der Waals surface area contributed by atoms with Crippen molar-refractivity contribution in [2.75, 3.05) is 39.0 Å². The Kier molecular flexibility index (Phi) is 7.16. The third-order valence-electron chi connectivity index (χ3n) is 9.54. The van der Waals surface area contributed by atoms with Crippen LogP contribution in [-0.4, -0.2) is 74.4 Å². The van der Waals surface area contributed by atoms with Gasteiger partial charge in [-0.3, -0.25) is 19.1 Å². The summed E-state index contributed by atoms with van der Waals surface area (Å²) in [5.41, 5.74) is 11.2. The quantitative estimate of drug-likeness (QED) is 0.316. The highest BCUT2D eigenvalue weighted by molar-refractivity contribution is 5.88. The minimum atomic E-state index is -0.694. The Morgan fingerprint density at radius 3 is 2.55 bits per heavy atom. The minimum Gasteiger partial charge on any atom is -0.383 e. The van der Waals surface area contributed by atoms with Gasteiger partial charge in [-0.05, 0) is 79.6 Å². The number of nitrogen functional groups attached to an aromatic ring is 1. The number of nitrogens with two attached hydrogens (primary N) is 1. The summed E-state index contributed by atoms with van der Waals surface area (Å²) >= 11 is 0. The number of hydrogen-bond donors (Lipinski definition) is 1. The molecule has 226 valence electrons. The summed E-state index contributed by atoms with van der Waals surface area (Å²) in [6.07, 6.45) is 9.28. The second-order valence-electron chi connectivity index (χ2n) is 12.1. The molecule has 3 aliphatic rings. The summed E-state index contributed by atoms with van der Waals surface area (Å²) in [4.78, 5) is 43.4. The molecule has 2 saturated heterocycles. The molecule has 2 aliphatic heterocycles. The highest BCUT2D eigenvalue weighted by Crippen LogP contribution is 2.42. The lowest BCUT2D eigenvalue weighted by atomic mass is 9.95. The van der Waals surface area contributed by atoms with E-state index in [-0.39, 0.29) is 17.7 Å². The van der Waals surface area contributed by atoms with Gasteiger partial charge in [0, 0.05) is 45.3 Å². The average molecular weight is 592 g/mol. The number of carbonyl (C=O) groups excluding carboxylic acids is 2. The molecule has 0 spiro atoms. The molecule has 10 nitrogen and oxygen atoms in total. The Hall–Kier alpha value is -4.57. The van der Waals surface area contributed by atoms with E-state index in [0.717, 1.165) is 28.0 Å². The Morgan fingerprint density at radius 2 is 1.86 bits per heavy atom. The van der Waals surface area contributed by atoms with Crippen LogP contribution in [0.25, 0.3) is 28.1 Å². The van der Waals surface area contributed by atoms with Crippen LogP contribution in [0.3, 0.4) is 0 Å².